The molecule has 0 N–H and O–H groups in total. The molecule has 8 heteroatoms. The summed E-state index contributed by atoms with van der Waals surface area (Å²) in [6.07, 6.45) is 25.5. The van der Waals surface area contributed by atoms with Crippen molar-refractivity contribution >= 4 is 65.8 Å². The monoisotopic (exact) mass is 1360 g/mol. The number of pyridine rings is 6. The molecule has 4 aliphatic rings. The van der Waals surface area contributed by atoms with Gasteiger partial charge in [-0.3, -0.25) is 9.97 Å². The summed E-state index contributed by atoms with van der Waals surface area (Å²) < 4.78 is 0. The smallest absolute Gasteiger partial charge is 0.0893 e. The van der Waals surface area contributed by atoms with Gasteiger partial charge in [0.15, 0.2) is 0 Å². The molecule has 2 aliphatic carbocycles. The van der Waals surface area contributed by atoms with Gasteiger partial charge in [-0.05, 0) is 173 Å². The molecule has 4 unspecified atom stereocenters. The van der Waals surface area contributed by atoms with E-state index in [9.17, 15) is 0 Å². The van der Waals surface area contributed by atoms with Crippen molar-refractivity contribution in [2.45, 2.75) is 50.1 Å². The van der Waals surface area contributed by atoms with Gasteiger partial charge in [0, 0.05) is 75.3 Å². The third kappa shape index (κ3) is 11.2. The first-order valence-electron chi connectivity index (χ1n) is 36.5. The molecule has 0 fully saturated rings. The second-order valence-electron chi connectivity index (χ2n) is 28.8. The average Bonchev–Trinajstić information content (AvgIpc) is 1.06. The SMILES string of the molecule is C1=CC2c3cnccc3N(c3ccc(-c4cccc(-c5cccc(-c6c7ccccc7c(-c7ccccc7)c7ccccc67)n5)n4)cc3)C2C=C1.CC(C)(C)c1ccc2c(-c3ccccc3)c3ccccc3c(-c3cccc(-c4cccc(-c5ccc(N6c7cnccc7C7C=CC=CC76)cc5)n4)n3)c2c1. The average molecular weight is 1360 g/mol. The number of nitrogens with zero attached hydrogens (tertiary/aromatic N) is 8. The summed E-state index contributed by atoms with van der Waals surface area (Å²) in [5.41, 5.74) is 25.0. The lowest BCUT2D eigenvalue weighted by atomic mass is 9.82. The summed E-state index contributed by atoms with van der Waals surface area (Å²) >= 11 is 0. The molecule has 2 aliphatic heterocycles. The van der Waals surface area contributed by atoms with Gasteiger partial charge in [-0.15, -0.1) is 0 Å². The van der Waals surface area contributed by atoms with E-state index in [1.165, 1.54) is 87.7 Å². The van der Waals surface area contributed by atoms with Gasteiger partial charge in [0.25, 0.3) is 0 Å². The van der Waals surface area contributed by atoms with Crippen LogP contribution in [0, 0.1) is 0 Å². The molecular weight excluding hydrogens is 1290 g/mol. The molecule has 0 spiro atoms. The maximum atomic E-state index is 5.38. The van der Waals surface area contributed by atoms with E-state index in [-0.39, 0.29) is 17.5 Å². The van der Waals surface area contributed by atoms with Crippen LogP contribution in [0.4, 0.5) is 22.7 Å². The molecule has 0 amide bonds. The number of hydrogen-bond donors (Lipinski definition) is 0. The number of rotatable bonds is 10. The zero-order valence-corrected chi connectivity index (χ0v) is 59.0. The Labute approximate surface area is 617 Å². The van der Waals surface area contributed by atoms with Crippen LogP contribution in [0.2, 0.25) is 0 Å². The predicted octanol–water partition coefficient (Wildman–Crippen LogP) is 24.4. The molecule has 4 atom stereocenters. The van der Waals surface area contributed by atoms with Crippen LogP contribution in [0.3, 0.4) is 0 Å². The first kappa shape index (κ1) is 63.6. The molecule has 8 heterocycles. The number of benzene rings is 10. The van der Waals surface area contributed by atoms with E-state index < -0.39 is 0 Å². The van der Waals surface area contributed by atoms with Gasteiger partial charge in [0.05, 0.1) is 69.5 Å². The van der Waals surface area contributed by atoms with Crippen molar-refractivity contribution < 1.29 is 0 Å². The van der Waals surface area contributed by atoms with Gasteiger partial charge in [-0.25, -0.2) is 19.9 Å². The van der Waals surface area contributed by atoms with Crippen molar-refractivity contribution in [3.05, 3.63) is 375 Å². The largest absolute Gasteiger partial charge is 0.333 e. The molecule has 106 heavy (non-hydrogen) atoms. The molecular formula is C98H72N8. The normalized spacial score (nSPS) is 16.1. The minimum absolute atomic E-state index is 0.00921. The van der Waals surface area contributed by atoms with E-state index in [2.05, 4.69) is 374 Å². The highest BCUT2D eigenvalue weighted by Gasteiger charge is 2.39. The van der Waals surface area contributed by atoms with Gasteiger partial charge in [0.1, 0.15) is 0 Å². The lowest BCUT2D eigenvalue weighted by molar-refractivity contribution is 0.591. The first-order chi connectivity index (χ1) is 52.2. The second-order valence-corrected chi connectivity index (χ2v) is 28.8. The first-order valence-corrected chi connectivity index (χ1v) is 36.5. The molecule has 6 aromatic heterocycles. The van der Waals surface area contributed by atoms with Gasteiger partial charge in [0.2, 0.25) is 0 Å². The summed E-state index contributed by atoms with van der Waals surface area (Å²) in [5, 5.41) is 9.64. The third-order valence-electron chi connectivity index (χ3n) is 21.6. The van der Waals surface area contributed by atoms with Crippen LogP contribution in [-0.4, -0.2) is 42.0 Å². The highest BCUT2D eigenvalue weighted by Crippen LogP contribution is 2.51. The fourth-order valence-electron chi connectivity index (χ4n) is 16.6. The van der Waals surface area contributed by atoms with Crippen molar-refractivity contribution in [1.82, 2.24) is 29.9 Å². The fraction of sp³-hybridized carbons (Fsp3) is 0.0816. The molecule has 10 aromatic carbocycles. The van der Waals surface area contributed by atoms with Crippen molar-refractivity contribution in [3.63, 3.8) is 0 Å². The van der Waals surface area contributed by atoms with Crippen LogP contribution in [0.1, 0.15) is 49.3 Å². The summed E-state index contributed by atoms with van der Waals surface area (Å²) in [5.74, 6) is 0.625. The van der Waals surface area contributed by atoms with E-state index in [1.54, 1.807) is 0 Å². The minimum Gasteiger partial charge on any atom is -0.333 e. The number of aromatic nitrogens is 6. The number of allylic oxidation sites excluding steroid dienone is 4. The van der Waals surface area contributed by atoms with E-state index in [0.717, 1.165) is 84.9 Å². The molecule has 20 rings (SSSR count). The Kier molecular flexibility index (Phi) is 15.9. The summed E-state index contributed by atoms with van der Waals surface area (Å²) in [7, 11) is 0. The summed E-state index contributed by atoms with van der Waals surface area (Å²) in [4.78, 5) is 34.7. The molecule has 0 radical (unpaired) electrons. The van der Waals surface area contributed by atoms with Crippen molar-refractivity contribution in [2.75, 3.05) is 9.80 Å². The number of hydrogen-bond acceptors (Lipinski definition) is 8. The van der Waals surface area contributed by atoms with E-state index in [4.69, 9.17) is 19.9 Å². The maximum Gasteiger partial charge on any atom is 0.0893 e. The van der Waals surface area contributed by atoms with Gasteiger partial charge in [-0.1, -0.05) is 264 Å². The standard InChI is InChI=1S/C51H40N4.C47H32N4/c1-51(2,3)35-25-28-41-42(31-35)50(40-17-8-7-16-39(40)49(41)34-13-5-4-6-14-34)46-21-12-20-45(54-46)44-19-11-18-43(53-44)33-23-26-36(27-24-33)55-47-22-10-9-15-37(47)38-29-30-52-32-48(38)55;1-2-12-32(13-3-1)46-35-15-4-6-17-37(35)47(38-18-7-5-16-36(38)46)43-22-11-21-42(50-43)41-20-10-19-40(49-41)31-24-26-33(27-25-31)51-44-23-9-8-14-34(44)39-30-48-29-28-45(39)51/h4-32,37,47H,1-3H3;1-30,34,44H. The summed E-state index contributed by atoms with van der Waals surface area (Å²) in [6, 6.07) is 102. The second kappa shape index (κ2) is 26.5. The summed E-state index contributed by atoms with van der Waals surface area (Å²) in [6.45, 7) is 6.84. The molecule has 8 nitrogen and oxygen atoms in total. The Hall–Kier alpha value is -13.3. The molecule has 0 bridgehead atoms. The highest BCUT2D eigenvalue weighted by atomic mass is 15.2. The lowest BCUT2D eigenvalue weighted by Crippen LogP contribution is -2.28. The van der Waals surface area contributed by atoms with Gasteiger partial charge >= 0.3 is 0 Å². The Morgan fingerprint density at radius 3 is 1.13 bits per heavy atom. The zero-order chi connectivity index (χ0) is 70.8. The van der Waals surface area contributed by atoms with Crippen LogP contribution in [0.25, 0.3) is 133 Å². The molecule has 504 valence electrons. The zero-order valence-electron chi connectivity index (χ0n) is 59.0. The topological polar surface area (TPSA) is 83.8 Å². The van der Waals surface area contributed by atoms with E-state index >= 15 is 0 Å². The predicted molar refractivity (Wildman–Crippen MR) is 439 cm³/mol. The van der Waals surface area contributed by atoms with Crippen LogP contribution in [0.15, 0.2) is 359 Å². The van der Waals surface area contributed by atoms with Crippen LogP contribution >= 0.6 is 0 Å². The van der Waals surface area contributed by atoms with Crippen LogP contribution < -0.4 is 9.80 Å². The number of fused-ring (bicyclic) bond motifs is 10. The molecule has 0 saturated heterocycles. The van der Waals surface area contributed by atoms with Crippen LogP contribution in [-0.2, 0) is 5.41 Å². The minimum atomic E-state index is -0.00921. The van der Waals surface area contributed by atoms with E-state index in [0.29, 0.717) is 11.8 Å². The van der Waals surface area contributed by atoms with E-state index in [1.807, 2.05) is 24.8 Å². The highest BCUT2D eigenvalue weighted by molar-refractivity contribution is 6.22. The van der Waals surface area contributed by atoms with Crippen molar-refractivity contribution in [3.8, 4) is 90.1 Å². The third-order valence-corrected chi connectivity index (χ3v) is 21.6. The Bertz CT molecular complexity index is 6170. The Morgan fingerprint density at radius 1 is 0.274 bits per heavy atom. The quantitative estimate of drug-likeness (QED) is 0.125. The molecule has 0 saturated carbocycles. The van der Waals surface area contributed by atoms with Crippen LogP contribution in [0.5, 0.6) is 0 Å². The number of anilines is 4. The lowest BCUT2D eigenvalue weighted by Gasteiger charge is -2.28. The van der Waals surface area contributed by atoms with Gasteiger partial charge in [-0.2, -0.15) is 0 Å². The van der Waals surface area contributed by atoms with Gasteiger partial charge < -0.3 is 9.80 Å². The van der Waals surface area contributed by atoms with Crippen molar-refractivity contribution in [2.24, 2.45) is 0 Å². The maximum absolute atomic E-state index is 5.38. The Balaban J connectivity index is 0.000000145. The Morgan fingerprint density at radius 2 is 0.651 bits per heavy atom. The molecule has 16 aromatic rings. The van der Waals surface area contributed by atoms with Crippen molar-refractivity contribution in [1.29, 1.82) is 0 Å². The fourth-order valence-corrected chi connectivity index (χ4v) is 16.6.